The Morgan fingerprint density at radius 3 is 2.05 bits per heavy atom. The van der Waals surface area contributed by atoms with Gasteiger partial charge in [-0.1, -0.05) is 6.58 Å². The molecule has 1 aliphatic rings. The standard InChI is InChI=1S/C15H26O6/c1-13(2)15(16)21-12-14-10-19-8-6-17-4-3-5-18-7-9-20-11-14/h14H,1,3-12H2,2H3. The Hall–Kier alpha value is -0.950. The van der Waals surface area contributed by atoms with Crippen molar-refractivity contribution in [1.82, 2.24) is 0 Å². The smallest absolute Gasteiger partial charge is 0.333 e. The van der Waals surface area contributed by atoms with Gasteiger partial charge in [0.25, 0.3) is 0 Å². The fraction of sp³-hybridized carbons (Fsp3) is 0.800. The average molecular weight is 302 g/mol. The molecule has 0 unspecified atom stereocenters. The second-order valence-corrected chi connectivity index (χ2v) is 4.97. The van der Waals surface area contributed by atoms with Gasteiger partial charge in [0, 0.05) is 24.7 Å². The largest absolute Gasteiger partial charge is 0.462 e. The third-order valence-corrected chi connectivity index (χ3v) is 2.83. The summed E-state index contributed by atoms with van der Waals surface area (Å²) in [7, 11) is 0. The molecule has 6 heteroatoms. The summed E-state index contributed by atoms with van der Waals surface area (Å²) >= 11 is 0. The highest BCUT2D eigenvalue weighted by Crippen LogP contribution is 2.04. The molecule has 0 aliphatic carbocycles. The Morgan fingerprint density at radius 1 is 1.00 bits per heavy atom. The van der Waals surface area contributed by atoms with Crippen LogP contribution in [-0.4, -0.2) is 65.4 Å². The highest BCUT2D eigenvalue weighted by Gasteiger charge is 2.13. The van der Waals surface area contributed by atoms with Crippen LogP contribution in [0.5, 0.6) is 0 Å². The fourth-order valence-electron chi connectivity index (χ4n) is 1.66. The second kappa shape index (κ2) is 11.7. The van der Waals surface area contributed by atoms with E-state index < -0.39 is 0 Å². The maximum absolute atomic E-state index is 11.4. The Morgan fingerprint density at radius 2 is 1.52 bits per heavy atom. The van der Waals surface area contributed by atoms with E-state index in [2.05, 4.69) is 6.58 Å². The predicted molar refractivity (Wildman–Crippen MR) is 77.2 cm³/mol. The summed E-state index contributed by atoms with van der Waals surface area (Å²) in [5, 5.41) is 0. The maximum Gasteiger partial charge on any atom is 0.333 e. The zero-order chi connectivity index (χ0) is 15.3. The average Bonchev–Trinajstić information content (AvgIpc) is 2.47. The molecule has 1 aliphatic heterocycles. The van der Waals surface area contributed by atoms with Gasteiger partial charge in [-0.15, -0.1) is 0 Å². The van der Waals surface area contributed by atoms with Crippen molar-refractivity contribution < 1.29 is 28.5 Å². The molecule has 0 aromatic rings. The highest BCUT2D eigenvalue weighted by molar-refractivity contribution is 5.86. The second-order valence-electron chi connectivity index (χ2n) is 4.97. The molecule has 0 aromatic carbocycles. The fourth-order valence-corrected chi connectivity index (χ4v) is 1.66. The van der Waals surface area contributed by atoms with E-state index in [1.807, 2.05) is 0 Å². The highest BCUT2D eigenvalue weighted by atomic mass is 16.6. The first kappa shape index (κ1) is 18.1. The van der Waals surface area contributed by atoms with Crippen molar-refractivity contribution in [2.75, 3.05) is 59.5 Å². The van der Waals surface area contributed by atoms with E-state index in [9.17, 15) is 4.79 Å². The van der Waals surface area contributed by atoms with Gasteiger partial charge in [-0.25, -0.2) is 4.79 Å². The van der Waals surface area contributed by atoms with Crippen LogP contribution in [0.3, 0.4) is 0 Å². The molecule has 0 atom stereocenters. The van der Waals surface area contributed by atoms with Gasteiger partial charge in [0.2, 0.25) is 0 Å². The molecular weight excluding hydrogens is 276 g/mol. The van der Waals surface area contributed by atoms with Crippen molar-refractivity contribution >= 4 is 5.97 Å². The summed E-state index contributed by atoms with van der Waals surface area (Å²) < 4.78 is 27.0. The van der Waals surface area contributed by atoms with Crippen molar-refractivity contribution in [2.45, 2.75) is 13.3 Å². The van der Waals surface area contributed by atoms with E-state index in [-0.39, 0.29) is 18.5 Å². The molecule has 0 saturated carbocycles. The molecule has 0 bridgehead atoms. The minimum absolute atomic E-state index is 0.00348. The Kier molecular flexibility index (Phi) is 10.1. The van der Waals surface area contributed by atoms with Gasteiger partial charge < -0.3 is 23.7 Å². The summed E-state index contributed by atoms with van der Waals surface area (Å²) in [6.07, 6.45) is 0.874. The van der Waals surface area contributed by atoms with Crippen molar-refractivity contribution in [3.63, 3.8) is 0 Å². The number of hydrogen-bond donors (Lipinski definition) is 0. The van der Waals surface area contributed by atoms with Gasteiger partial charge in [-0.2, -0.15) is 0 Å². The lowest BCUT2D eigenvalue weighted by Gasteiger charge is -2.18. The Bertz CT molecular complexity index is 291. The van der Waals surface area contributed by atoms with Crippen molar-refractivity contribution in [1.29, 1.82) is 0 Å². The van der Waals surface area contributed by atoms with E-state index in [1.165, 1.54) is 0 Å². The number of rotatable bonds is 3. The van der Waals surface area contributed by atoms with E-state index >= 15 is 0 Å². The molecule has 0 radical (unpaired) electrons. The third-order valence-electron chi connectivity index (χ3n) is 2.83. The van der Waals surface area contributed by atoms with Crippen LogP contribution in [0.4, 0.5) is 0 Å². The molecule has 21 heavy (non-hydrogen) atoms. The van der Waals surface area contributed by atoms with E-state index in [0.717, 1.165) is 6.42 Å². The molecule has 1 fully saturated rings. The van der Waals surface area contributed by atoms with E-state index in [1.54, 1.807) is 6.92 Å². The van der Waals surface area contributed by atoms with Gasteiger partial charge >= 0.3 is 5.97 Å². The minimum atomic E-state index is -0.388. The molecule has 0 N–H and O–H groups in total. The van der Waals surface area contributed by atoms with Crippen LogP contribution in [-0.2, 0) is 28.5 Å². The monoisotopic (exact) mass is 302 g/mol. The SMILES string of the molecule is C=C(C)C(=O)OCC1COCCOCCCOCCOC1. The number of ether oxygens (including phenoxy) is 5. The predicted octanol–water partition coefficient (Wildman–Crippen LogP) is 1.19. The lowest BCUT2D eigenvalue weighted by atomic mass is 10.2. The summed E-state index contributed by atoms with van der Waals surface area (Å²) in [4.78, 5) is 11.4. The van der Waals surface area contributed by atoms with E-state index in [4.69, 9.17) is 23.7 Å². The van der Waals surface area contributed by atoms with Crippen LogP contribution in [0.2, 0.25) is 0 Å². The molecule has 1 rings (SSSR count). The molecule has 0 amide bonds. The van der Waals surface area contributed by atoms with Crippen LogP contribution >= 0.6 is 0 Å². The number of carbonyl (C=O) groups excluding carboxylic acids is 1. The molecule has 0 aromatic heterocycles. The first-order valence-corrected chi connectivity index (χ1v) is 7.33. The Labute approximate surface area is 126 Å². The van der Waals surface area contributed by atoms with Crippen LogP contribution < -0.4 is 0 Å². The molecule has 6 nitrogen and oxygen atoms in total. The van der Waals surface area contributed by atoms with Gasteiger partial charge in [0.15, 0.2) is 0 Å². The molecule has 0 spiro atoms. The quantitative estimate of drug-likeness (QED) is 0.576. The summed E-state index contributed by atoms with van der Waals surface area (Å²) in [6, 6.07) is 0. The van der Waals surface area contributed by atoms with Crippen LogP contribution in [0.15, 0.2) is 12.2 Å². The topological polar surface area (TPSA) is 63.2 Å². The zero-order valence-electron chi connectivity index (χ0n) is 12.8. The first-order valence-electron chi connectivity index (χ1n) is 7.33. The van der Waals surface area contributed by atoms with Crippen LogP contribution in [0.1, 0.15) is 13.3 Å². The Balaban J connectivity index is 2.31. The van der Waals surface area contributed by atoms with Crippen molar-refractivity contribution in [3.8, 4) is 0 Å². The van der Waals surface area contributed by atoms with Crippen molar-refractivity contribution in [2.24, 2.45) is 5.92 Å². The molecular formula is C15H26O6. The minimum Gasteiger partial charge on any atom is -0.462 e. The number of carbonyl (C=O) groups is 1. The van der Waals surface area contributed by atoms with Crippen molar-refractivity contribution in [3.05, 3.63) is 12.2 Å². The number of hydrogen-bond acceptors (Lipinski definition) is 6. The summed E-state index contributed by atoms with van der Waals surface area (Å²) in [6.45, 7) is 9.85. The molecule has 122 valence electrons. The zero-order valence-corrected chi connectivity index (χ0v) is 12.8. The van der Waals surface area contributed by atoms with Crippen LogP contribution in [0, 0.1) is 5.92 Å². The number of esters is 1. The van der Waals surface area contributed by atoms with Crippen LogP contribution in [0.25, 0.3) is 0 Å². The summed E-state index contributed by atoms with van der Waals surface area (Å²) in [5.74, 6) is -0.391. The van der Waals surface area contributed by atoms with Gasteiger partial charge in [0.05, 0.1) is 46.2 Å². The lowest BCUT2D eigenvalue weighted by Crippen LogP contribution is -2.25. The molecule has 1 saturated heterocycles. The van der Waals surface area contributed by atoms with E-state index in [0.29, 0.717) is 58.4 Å². The molecule has 1 heterocycles. The van der Waals surface area contributed by atoms with Gasteiger partial charge in [-0.3, -0.25) is 0 Å². The van der Waals surface area contributed by atoms with Gasteiger partial charge in [-0.05, 0) is 13.3 Å². The first-order chi connectivity index (χ1) is 10.2. The maximum atomic E-state index is 11.4. The summed E-state index contributed by atoms with van der Waals surface area (Å²) in [5.41, 5.74) is 0.388. The normalized spacial score (nSPS) is 20.4. The third kappa shape index (κ3) is 9.57. The van der Waals surface area contributed by atoms with Gasteiger partial charge in [0.1, 0.15) is 0 Å². The lowest BCUT2D eigenvalue weighted by molar-refractivity contribution is -0.142.